The van der Waals surface area contributed by atoms with Crippen LogP contribution in [0, 0.1) is 23.1 Å². The molecule has 1 radical (unpaired) electrons. The Morgan fingerprint density at radius 1 is 1.62 bits per heavy atom. The standard InChI is InChI=1S/C10H9FNO/c1-7(6-13)9-4-8(5-12)2-3-10(9)11/h2-4,13H,6H2,1H3. The van der Waals surface area contributed by atoms with Crippen LogP contribution >= 0.6 is 0 Å². The van der Waals surface area contributed by atoms with E-state index in [2.05, 4.69) is 0 Å². The van der Waals surface area contributed by atoms with Crippen LogP contribution in [0.3, 0.4) is 0 Å². The molecule has 0 saturated carbocycles. The Balaban J connectivity index is 3.12. The van der Waals surface area contributed by atoms with E-state index in [0.717, 1.165) is 0 Å². The van der Waals surface area contributed by atoms with Crippen molar-refractivity contribution in [2.45, 2.75) is 6.92 Å². The van der Waals surface area contributed by atoms with Gasteiger partial charge in [0.2, 0.25) is 0 Å². The monoisotopic (exact) mass is 178 g/mol. The van der Waals surface area contributed by atoms with E-state index >= 15 is 0 Å². The van der Waals surface area contributed by atoms with Gasteiger partial charge in [-0.1, -0.05) is 6.92 Å². The number of hydrogen-bond donors (Lipinski definition) is 1. The average Bonchev–Trinajstić information content (AvgIpc) is 2.17. The van der Waals surface area contributed by atoms with Crippen molar-refractivity contribution in [3.05, 3.63) is 41.1 Å². The van der Waals surface area contributed by atoms with Crippen molar-refractivity contribution in [2.75, 3.05) is 6.61 Å². The molecule has 0 amide bonds. The maximum Gasteiger partial charge on any atom is 0.127 e. The van der Waals surface area contributed by atoms with Crippen molar-refractivity contribution in [1.29, 1.82) is 5.26 Å². The highest BCUT2D eigenvalue weighted by Crippen LogP contribution is 2.18. The van der Waals surface area contributed by atoms with Crippen molar-refractivity contribution in [3.63, 3.8) is 0 Å². The average molecular weight is 178 g/mol. The van der Waals surface area contributed by atoms with Gasteiger partial charge in [-0.05, 0) is 23.8 Å². The molecule has 0 aliphatic carbocycles. The SMILES string of the molecule is C[C](CO)c1cc(C#N)ccc1F. The molecule has 0 atom stereocenters. The van der Waals surface area contributed by atoms with E-state index < -0.39 is 5.82 Å². The topological polar surface area (TPSA) is 44.0 Å². The Morgan fingerprint density at radius 2 is 2.31 bits per heavy atom. The fourth-order valence-corrected chi connectivity index (χ4v) is 1.01. The molecular weight excluding hydrogens is 169 g/mol. The van der Waals surface area contributed by atoms with Gasteiger partial charge >= 0.3 is 0 Å². The molecular formula is C10H9FNO. The molecule has 0 aliphatic heterocycles. The van der Waals surface area contributed by atoms with Crippen molar-refractivity contribution >= 4 is 0 Å². The number of nitriles is 1. The molecule has 1 aromatic rings. The molecule has 0 unspecified atom stereocenters. The van der Waals surface area contributed by atoms with E-state index in [1.54, 1.807) is 6.92 Å². The second kappa shape index (κ2) is 4.01. The molecule has 0 bridgehead atoms. The summed E-state index contributed by atoms with van der Waals surface area (Å²) in [5, 5.41) is 17.4. The quantitative estimate of drug-likeness (QED) is 0.748. The lowest BCUT2D eigenvalue weighted by Crippen LogP contribution is -2.03. The van der Waals surface area contributed by atoms with Crippen molar-refractivity contribution < 1.29 is 9.50 Å². The highest BCUT2D eigenvalue weighted by molar-refractivity contribution is 5.39. The number of aliphatic hydroxyl groups excluding tert-OH is 1. The second-order valence-electron chi connectivity index (χ2n) is 2.74. The summed E-state index contributed by atoms with van der Waals surface area (Å²) in [6.45, 7) is 1.42. The van der Waals surface area contributed by atoms with Crippen LogP contribution in [0.4, 0.5) is 4.39 Å². The molecule has 0 saturated heterocycles. The molecule has 67 valence electrons. The smallest absolute Gasteiger partial charge is 0.127 e. The third kappa shape index (κ3) is 2.04. The number of hydrogen-bond acceptors (Lipinski definition) is 2. The lowest BCUT2D eigenvalue weighted by molar-refractivity contribution is 0.313. The summed E-state index contributed by atoms with van der Waals surface area (Å²) in [4.78, 5) is 0. The van der Waals surface area contributed by atoms with Gasteiger partial charge in [-0.15, -0.1) is 0 Å². The van der Waals surface area contributed by atoms with E-state index in [0.29, 0.717) is 17.0 Å². The molecule has 0 spiro atoms. The summed E-state index contributed by atoms with van der Waals surface area (Å²) in [5.74, 6) is 0.111. The number of rotatable bonds is 2. The Labute approximate surface area is 76.2 Å². The highest BCUT2D eigenvalue weighted by atomic mass is 19.1. The minimum Gasteiger partial charge on any atom is -0.395 e. The van der Waals surface area contributed by atoms with Crippen LogP contribution < -0.4 is 0 Å². The predicted molar refractivity (Wildman–Crippen MR) is 46.2 cm³/mol. The molecule has 1 N–H and O–H groups in total. The van der Waals surface area contributed by atoms with Gasteiger partial charge in [0.1, 0.15) is 5.82 Å². The molecule has 2 nitrogen and oxygen atoms in total. The van der Waals surface area contributed by atoms with Crippen LogP contribution in [-0.4, -0.2) is 11.7 Å². The predicted octanol–water partition coefficient (Wildman–Crippen LogP) is 1.63. The van der Waals surface area contributed by atoms with Gasteiger partial charge in [0.05, 0.1) is 18.2 Å². The summed E-state index contributed by atoms with van der Waals surface area (Å²) in [5.41, 5.74) is 0.700. The summed E-state index contributed by atoms with van der Waals surface area (Å²) >= 11 is 0. The van der Waals surface area contributed by atoms with Gasteiger partial charge in [-0.25, -0.2) is 4.39 Å². The first kappa shape index (κ1) is 9.69. The van der Waals surface area contributed by atoms with E-state index in [9.17, 15) is 4.39 Å². The van der Waals surface area contributed by atoms with Crippen LogP contribution in [-0.2, 0) is 0 Å². The molecule has 3 heteroatoms. The van der Waals surface area contributed by atoms with E-state index in [1.165, 1.54) is 18.2 Å². The van der Waals surface area contributed by atoms with Crippen molar-refractivity contribution in [2.24, 2.45) is 0 Å². The van der Waals surface area contributed by atoms with Gasteiger partial charge < -0.3 is 5.11 Å². The zero-order valence-corrected chi connectivity index (χ0v) is 7.21. The minimum atomic E-state index is -0.412. The number of aliphatic hydroxyl groups is 1. The molecule has 1 rings (SSSR count). The summed E-state index contributed by atoms with van der Waals surface area (Å²) in [6.07, 6.45) is 0. The highest BCUT2D eigenvalue weighted by Gasteiger charge is 2.10. The van der Waals surface area contributed by atoms with Crippen LogP contribution in [0.2, 0.25) is 0 Å². The normalized spacial score (nSPS) is 10.1. The van der Waals surface area contributed by atoms with Gasteiger partial charge in [0, 0.05) is 5.92 Å². The maximum atomic E-state index is 13.1. The third-order valence-corrected chi connectivity index (χ3v) is 1.79. The molecule has 0 aromatic heterocycles. The van der Waals surface area contributed by atoms with E-state index in [4.69, 9.17) is 10.4 Å². The van der Waals surface area contributed by atoms with Gasteiger partial charge in [-0.3, -0.25) is 0 Å². The fraction of sp³-hybridized carbons (Fsp3) is 0.200. The van der Waals surface area contributed by atoms with Gasteiger partial charge in [-0.2, -0.15) is 5.26 Å². The van der Waals surface area contributed by atoms with Gasteiger partial charge in [0.25, 0.3) is 0 Å². The largest absolute Gasteiger partial charge is 0.395 e. The molecule has 1 aromatic carbocycles. The zero-order chi connectivity index (χ0) is 9.84. The van der Waals surface area contributed by atoms with Crippen LogP contribution in [0.25, 0.3) is 0 Å². The lowest BCUT2D eigenvalue weighted by atomic mass is 9.99. The first-order chi connectivity index (χ1) is 6.19. The Bertz CT molecular complexity index is 343. The lowest BCUT2D eigenvalue weighted by Gasteiger charge is -2.08. The van der Waals surface area contributed by atoms with E-state index in [1.807, 2.05) is 6.07 Å². The van der Waals surface area contributed by atoms with Crippen LogP contribution in [0.15, 0.2) is 18.2 Å². The fourth-order valence-electron chi connectivity index (χ4n) is 1.01. The molecule has 0 aliphatic rings. The summed E-state index contributed by atoms with van der Waals surface area (Å²) < 4.78 is 13.1. The zero-order valence-electron chi connectivity index (χ0n) is 7.21. The summed E-state index contributed by atoms with van der Waals surface area (Å²) in [7, 11) is 0. The number of benzene rings is 1. The number of halogens is 1. The van der Waals surface area contributed by atoms with Gasteiger partial charge in [0.15, 0.2) is 0 Å². The second-order valence-corrected chi connectivity index (χ2v) is 2.74. The molecule has 0 heterocycles. The molecule has 13 heavy (non-hydrogen) atoms. The van der Waals surface area contributed by atoms with Crippen LogP contribution in [0.5, 0.6) is 0 Å². The third-order valence-electron chi connectivity index (χ3n) is 1.79. The van der Waals surface area contributed by atoms with Crippen molar-refractivity contribution in [3.8, 4) is 6.07 Å². The van der Waals surface area contributed by atoms with Crippen molar-refractivity contribution in [1.82, 2.24) is 0 Å². The maximum absolute atomic E-state index is 13.1. The number of nitrogens with zero attached hydrogens (tertiary/aromatic N) is 1. The Morgan fingerprint density at radius 3 is 2.85 bits per heavy atom. The molecule has 0 fully saturated rings. The van der Waals surface area contributed by atoms with E-state index in [-0.39, 0.29) is 6.61 Å². The summed E-state index contributed by atoms with van der Waals surface area (Å²) in [6, 6.07) is 5.98. The van der Waals surface area contributed by atoms with Crippen LogP contribution in [0.1, 0.15) is 18.1 Å². The first-order valence-electron chi connectivity index (χ1n) is 3.82. The Kier molecular flexibility index (Phi) is 2.99. The first-order valence-corrected chi connectivity index (χ1v) is 3.82. The Hall–Kier alpha value is -1.40. The minimum absolute atomic E-state index is 0.203.